The van der Waals surface area contributed by atoms with Crippen LogP contribution >= 0.6 is 23.5 Å². The van der Waals surface area contributed by atoms with E-state index in [-0.39, 0.29) is 0 Å². The Kier molecular flexibility index (Phi) is 16.4. The Bertz CT molecular complexity index is 6120. The first kappa shape index (κ1) is 63.1. The van der Waals surface area contributed by atoms with E-state index in [9.17, 15) is 0 Å². The summed E-state index contributed by atoms with van der Waals surface area (Å²) in [6, 6.07) is 119. The monoisotopic (exact) mass is 1390 g/mol. The van der Waals surface area contributed by atoms with Gasteiger partial charge in [0.2, 0.25) is 0 Å². The van der Waals surface area contributed by atoms with Gasteiger partial charge in [-0.2, -0.15) is 17.5 Å². The molecule has 0 fully saturated rings. The van der Waals surface area contributed by atoms with Crippen LogP contribution in [0.1, 0.15) is 0 Å². The van der Waals surface area contributed by atoms with Crippen LogP contribution in [0.4, 0.5) is 0 Å². The van der Waals surface area contributed by atoms with Crippen molar-refractivity contribution >= 4 is 88.9 Å². The first-order chi connectivity index (χ1) is 52.5. The summed E-state index contributed by atoms with van der Waals surface area (Å²) in [5, 5.41) is 6.37. The molecule has 496 valence electrons. The van der Waals surface area contributed by atoms with E-state index < -0.39 is 0 Å². The van der Waals surface area contributed by atoms with Crippen LogP contribution in [0.3, 0.4) is 0 Å². The fourth-order valence-electron chi connectivity index (χ4n) is 14.2. The van der Waals surface area contributed by atoms with Crippen molar-refractivity contribution in [3.05, 3.63) is 346 Å². The Hall–Kier alpha value is -13.9. The molecule has 0 radical (unpaired) electrons. The van der Waals surface area contributed by atoms with Crippen molar-refractivity contribution in [3.8, 4) is 135 Å². The predicted molar refractivity (Wildman–Crippen MR) is 435 cm³/mol. The van der Waals surface area contributed by atoms with Gasteiger partial charge in [-0.05, 0) is 63.7 Å². The predicted octanol–water partition coefficient (Wildman–Crippen LogP) is 23.8. The van der Waals surface area contributed by atoms with Gasteiger partial charge in [-0.1, -0.05) is 315 Å². The number of hydrogen-bond acceptors (Lipinski definition) is 13. The van der Waals surface area contributed by atoms with E-state index in [1.807, 2.05) is 121 Å². The highest BCUT2D eigenvalue weighted by Crippen LogP contribution is 2.45. The Labute approximate surface area is 618 Å². The minimum Gasteiger partial charge on any atom is -0.247 e. The summed E-state index contributed by atoms with van der Waals surface area (Å²) in [5.41, 5.74) is 25.7. The van der Waals surface area contributed by atoms with Crippen molar-refractivity contribution in [3.63, 3.8) is 0 Å². The maximum absolute atomic E-state index is 5.37. The van der Waals surface area contributed by atoms with Crippen molar-refractivity contribution in [2.45, 2.75) is 0 Å². The lowest BCUT2D eigenvalue weighted by molar-refractivity contribution is 1.07. The molecule has 0 aliphatic rings. The Balaban J connectivity index is 0.000000145. The summed E-state index contributed by atoms with van der Waals surface area (Å²) in [6.45, 7) is 0. The van der Waals surface area contributed by atoms with Crippen molar-refractivity contribution in [2.24, 2.45) is 0 Å². The lowest BCUT2D eigenvalue weighted by Gasteiger charge is -2.14. The zero-order valence-corrected chi connectivity index (χ0v) is 58.3. The van der Waals surface area contributed by atoms with Crippen LogP contribution in [0.25, 0.3) is 201 Å². The highest BCUT2D eigenvalue weighted by atomic mass is 32.1. The quantitative estimate of drug-likeness (QED) is 0.108. The van der Waals surface area contributed by atoms with E-state index in [2.05, 4.69) is 224 Å². The molecule has 6 heterocycles. The molecule has 0 aliphatic carbocycles. The van der Waals surface area contributed by atoms with Gasteiger partial charge in [-0.3, -0.25) is 0 Å². The molecule has 0 unspecified atom stereocenters. The van der Waals surface area contributed by atoms with Gasteiger partial charge in [0.05, 0.1) is 57.3 Å². The van der Waals surface area contributed by atoms with Gasteiger partial charge in [-0.25, -0.2) is 34.9 Å². The van der Waals surface area contributed by atoms with Crippen LogP contribution < -0.4 is 0 Å². The number of rotatable bonds is 12. The third kappa shape index (κ3) is 12.0. The number of fused-ring (bicyclic) bond motifs is 10. The molecule has 0 bridgehead atoms. The van der Waals surface area contributed by atoms with Crippen molar-refractivity contribution < 1.29 is 0 Å². The van der Waals surface area contributed by atoms with Crippen molar-refractivity contribution in [1.82, 2.24) is 52.4 Å². The first-order valence-corrected chi connectivity index (χ1v) is 36.4. The molecular weight excluding hydrogens is 1340 g/mol. The van der Waals surface area contributed by atoms with Gasteiger partial charge in [0.1, 0.15) is 22.1 Å². The number of pyridine rings is 2. The number of nitrogens with zero attached hydrogens (tertiary/aromatic N) is 11. The lowest BCUT2D eigenvalue weighted by atomic mass is 9.93. The first-order valence-electron chi connectivity index (χ1n) is 34.9. The third-order valence-electron chi connectivity index (χ3n) is 19.4. The lowest BCUT2D eigenvalue weighted by Crippen LogP contribution is -2.00. The zero-order chi connectivity index (χ0) is 70.3. The highest BCUT2D eigenvalue weighted by molar-refractivity contribution is 7.00. The maximum atomic E-state index is 5.37. The van der Waals surface area contributed by atoms with Crippen molar-refractivity contribution in [1.29, 1.82) is 0 Å². The average molecular weight is 1390 g/mol. The minimum absolute atomic E-state index is 0.624. The summed E-state index contributed by atoms with van der Waals surface area (Å²) < 4.78 is 19.3. The van der Waals surface area contributed by atoms with Crippen LogP contribution in [-0.2, 0) is 0 Å². The van der Waals surface area contributed by atoms with Crippen LogP contribution in [0.5, 0.6) is 0 Å². The summed E-state index contributed by atoms with van der Waals surface area (Å²) in [6.07, 6.45) is 0. The molecule has 14 aromatic carbocycles. The van der Waals surface area contributed by atoms with Gasteiger partial charge in [0.25, 0.3) is 0 Å². The molecule has 0 spiro atoms. The molecule has 13 heteroatoms. The topological polar surface area (TPSA) is 142 Å². The molecule has 0 atom stereocenters. The van der Waals surface area contributed by atoms with Crippen molar-refractivity contribution in [2.75, 3.05) is 0 Å². The molecule has 20 aromatic rings. The third-order valence-corrected chi connectivity index (χ3v) is 20.4. The second-order valence-electron chi connectivity index (χ2n) is 25.9. The van der Waals surface area contributed by atoms with Gasteiger partial charge < -0.3 is 0 Å². The van der Waals surface area contributed by atoms with Gasteiger partial charge in [-0.15, -0.1) is 0 Å². The molecule has 106 heavy (non-hydrogen) atoms. The molecule has 0 amide bonds. The van der Waals surface area contributed by atoms with Gasteiger partial charge >= 0.3 is 0 Å². The standard InChI is InChI=1S/C47H29N5S.C46H28N6S/c1-5-13-31(14-6-1)38-28-39-43(46-45(38)51-53-52-46)37-26-25-36(27-42(37)48-44(39)34-17-9-3-10-18-34)30-21-23-33(24-22-30)41-29-40(32-15-7-2-8-16-32)49-47(50-41)35-19-11-4-12-20-35;1-5-13-30(14-6-1)37-28-38-40(43-42(37)51-53-52-43)36-26-25-35(27-39(36)47-41(38)31-15-7-2-8-16-31)29-21-23-34(24-22-29)46-49-44(32-17-9-3-10-18-32)48-45(50-46)33-19-11-4-12-20-33/h1-29H;1-28H. The van der Waals surface area contributed by atoms with E-state index in [1.165, 1.54) is 23.5 Å². The van der Waals surface area contributed by atoms with Crippen LogP contribution in [0.2, 0.25) is 0 Å². The maximum Gasteiger partial charge on any atom is 0.164 e. The second-order valence-corrected chi connectivity index (χ2v) is 26.9. The molecule has 0 saturated carbocycles. The van der Waals surface area contributed by atoms with Gasteiger partial charge in [0.15, 0.2) is 23.3 Å². The number of aromatic nitrogens is 11. The fourth-order valence-corrected chi connectivity index (χ4v) is 15.3. The molecule has 0 saturated heterocycles. The molecular formula is C93H57N11S2. The molecule has 11 nitrogen and oxygen atoms in total. The molecule has 6 aromatic heterocycles. The Morgan fingerprint density at radius 1 is 0.179 bits per heavy atom. The second kappa shape index (κ2) is 27.5. The van der Waals surface area contributed by atoms with Crippen LogP contribution in [0, 0.1) is 0 Å². The summed E-state index contributed by atoms with van der Waals surface area (Å²) in [5.74, 6) is 2.61. The largest absolute Gasteiger partial charge is 0.247 e. The van der Waals surface area contributed by atoms with E-state index in [4.69, 9.17) is 52.4 Å². The summed E-state index contributed by atoms with van der Waals surface area (Å²) in [7, 11) is 0. The smallest absolute Gasteiger partial charge is 0.164 e. The Morgan fingerprint density at radius 2 is 0.453 bits per heavy atom. The highest BCUT2D eigenvalue weighted by Gasteiger charge is 2.23. The number of benzene rings is 14. The average Bonchev–Trinajstić information content (AvgIpc) is 1.19. The summed E-state index contributed by atoms with van der Waals surface area (Å²) >= 11 is 2.51. The SMILES string of the molecule is c1ccc(-c2cc(-c3ccc(-c4ccc5c(c4)nc(-c4ccccc4)c4cc(-c6ccccc6)c6nsnc6c45)cc3)nc(-c3ccccc3)n2)cc1.c1ccc(-c2nc(-c3ccccc3)nc(-c3ccc(-c4ccc5c(c4)nc(-c4ccccc4)c4cc(-c6ccccc6)c6nsnc6c45)cc3)n2)cc1. The molecule has 0 N–H and O–H groups in total. The van der Waals surface area contributed by atoms with E-state index in [0.717, 1.165) is 177 Å². The van der Waals surface area contributed by atoms with E-state index in [1.54, 1.807) is 0 Å². The van der Waals surface area contributed by atoms with Crippen LogP contribution in [0.15, 0.2) is 346 Å². The van der Waals surface area contributed by atoms with Gasteiger partial charge in [0, 0.05) is 88.0 Å². The number of hydrogen-bond donors (Lipinski definition) is 0. The zero-order valence-electron chi connectivity index (χ0n) is 56.6. The fraction of sp³-hybridized carbons (Fsp3) is 0. The molecule has 20 rings (SSSR count). The normalized spacial score (nSPS) is 11.4. The van der Waals surface area contributed by atoms with Crippen LogP contribution in [-0.4, -0.2) is 52.4 Å². The van der Waals surface area contributed by atoms with E-state index in [0.29, 0.717) is 23.3 Å². The minimum atomic E-state index is 0.624. The Morgan fingerprint density at radius 3 is 0.821 bits per heavy atom. The molecule has 0 aliphatic heterocycles. The van der Waals surface area contributed by atoms with E-state index >= 15 is 0 Å². The summed E-state index contributed by atoms with van der Waals surface area (Å²) in [4.78, 5) is 35.4.